The topological polar surface area (TPSA) is 84.7 Å². The largest absolute Gasteiger partial charge is 0.339 e. The summed E-state index contributed by atoms with van der Waals surface area (Å²) in [7, 11) is -0.529. The highest BCUT2D eigenvalue weighted by Gasteiger charge is 2.17. The fourth-order valence-corrected chi connectivity index (χ4v) is 4.51. The summed E-state index contributed by atoms with van der Waals surface area (Å²) in [6.07, 6.45) is 3.50. The number of nitrogens with one attached hydrogen (secondary N) is 2. The fourth-order valence-electron chi connectivity index (χ4n) is 3.06. The van der Waals surface area contributed by atoms with Crippen LogP contribution in [0.25, 0.3) is 10.9 Å². The van der Waals surface area contributed by atoms with Gasteiger partial charge in [-0.05, 0) is 59.6 Å². The molecule has 0 fully saturated rings. The van der Waals surface area contributed by atoms with Gasteiger partial charge in [-0.3, -0.25) is 4.68 Å². The molecule has 0 amide bonds. The Kier molecular flexibility index (Phi) is 5.15. The Labute approximate surface area is 177 Å². The number of rotatable bonds is 5. The van der Waals surface area contributed by atoms with Gasteiger partial charge in [-0.25, -0.2) is 4.98 Å². The van der Waals surface area contributed by atoms with Crippen LogP contribution < -0.4 is 15.9 Å². The second-order valence-corrected chi connectivity index (χ2v) is 11.1. The van der Waals surface area contributed by atoms with Crippen molar-refractivity contribution in [2.45, 2.75) is 0 Å². The van der Waals surface area contributed by atoms with E-state index in [0.717, 1.165) is 27.6 Å². The standard InChI is InChI=1S/C20H20BrN6OP/c1-27-17-9-8-14(10-13(17)11-23-27)24-20-22-12-15(21)19(26-20)25-16-6-4-5-7-18(16)29(2,3)28/h4-12H,1-3H3,(H2,22,24,25,26). The van der Waals surface area contributed by atoms with E-state index in [1.807, 2.05) is 60.4 Å². The molecule has 0 radical (unpaired) electrons. The summed E-state index contributed by atoms with van der Waals surface area (Å²) < 4.78 is 15.2. The van der Waals surface area contributed by atoms with Crippen LogP contribution in [0.5, 0.6) is 0 Å². The second kappa shape index (κ2) is 7.61. The van der Waals surface area contributed by atoms with Crippen molar-refractivity contribution < 1.29 is 4.57 Å². The Morgan fingerprint density at radius 2 is 1.86 bits per heavy atom. The number of halogens is 1. The maximum Gasteiger partial charge on any atom is 0.229 e. The van der Waals surface area contributed by atoms with Gasteiger partial charge in [0.2, 0.25) is 5.95 Å². The number of aryl methyl sites for hydroxylation is 1. The van der Waals surface area contributed by atoms with Crippen LogP contribution in [0.3, 0.4) is 0 Å². The number of para-hydroxylation sites is 1. The molecule has 4 aromatic rings. The lowest BCUT2D eigenvalue weighted by Gasteiger charge is -2.16. The van der Waals surface area contributed by atoms with Gasteiger partial charge >= 0.3 is 0 Å². The molecule has 0 aliphatic rings. The van der Waals surface area contributed by atoms with Gasteiger partial charge in [-0.2, -0.15) is 10.1 Å². The van der Waals surface area contributed by atoms with E-state index >= 15 is 0 Å². The van der Waals surface area contributed by atoms with E-state index in [2.05, 4.69) is 41.6 Å². The third-order valence-electron chi connectivity index (χ3n) is 4.48. The molecule has 7 nitrogen and oxygen atoms in total. The van der Waals surface area contributed by atoms with Crippen molar-refractivity contribution >= 4 is 62.4 Å². The predicted octanol–water partition coefficient (Wildman–Crippen LogP) is 4.86. The van der Waals surface area contributed by atoms with Crippen LogP contribution in [0.4, 0.5) is 23.1 Å². The molecule has 0 atom stereocenters. The molecule has 0 spiro atoms. The van der Waals surface area contributed by atoms with Crippen LogP contribution in [0.2, 0.25) is 0 Å². The van der Waals surface area contributed by atoms with Gasteiger partial charge in [-0.1, -0.05) is 12.1 Å². The van der Waals surface area contributed by atoms with E-state index < -0.39 is 7.14 Å². The molecule has 148 valence electrons. The van der Waals surface area contributed by atoms with Crippen molar-refractivity contribution in [2.75, 3.05) is 24.0 Å². The highest BCUT2D eigenvalue weighted by Crippen LogP contribution is 2.38. The molecule has 4 rings (SSSR count). The van der Waals surface area contributed by atoms with Crippen molar-refractivity contribution in [3.05, 3.63) is 59.3 Å². The van der Waals surface area contributed by atoms with Crippen LogP contribution in [0, 0.1) is 0 Å². The molecule has 29 heavy (non-hydrogen) atoms. The fraction of sp³-hybridized carbons (Fsp3) is 0.150. The maximum absolute atomic E-state index is 12.6. The maximum atomic E-state index is 12.6. The van der Waals surface area contributed by atoms with E-state index in [1.54, 1.807) is 19.5 Å². The molecule has 0 aliphatic carbocycles. The number of benzene rings is 2. The molecule has 9 heteroatoms. The molecular weight excluding hydrogens is 451 g/mol. The monoisotopic (exact) mass is 470 g/mol. The first-order valence-corrected chi connectivity index (χ1v) is 12.3. The van der Waals surface area contributed by atoms with Crippen molar-refractivity contribution in [3.63, 3.8) is 0 Å². The quantitative estimate of drug-likeness (QED) is 0.405. The summed E-state index contributed by atoms with van der Waals surface area (Å²) >= 11 is 3.49. The van der Waals surface area contributed by atoms with Crippen molar-refractivity contribution in [1.82, 2.24) is 19.7 Å². The average Bonchev–Trinajstić information content (AvgIpc) is 3.04. The number of nitrogens with zero attached hydrogens (tertiary/aromatic N) is 4. The van der Waals surface area contributed by atoms with Crippen LogP contribution in [-0.2, 0) is 11.6 Å². The highest BCUT2D eigenvalue weighted by atomic mass is 79.9. The van der Waals surface area contributed by atoms with Crippen molar-refractivity contribution in [1.29, 1.82) is 0 Å². The normalized spacial score (nSPS) is 11.6. The van der Waals surface area contributed by atoms with Crippen LogP contribution in [0.1, 0.15) is 0 Å². The molecule has 0 saturated carbocycles. The Bertz CT molecular complexity index is 1250. The number of hydrogen-bond donors (Lipinski definition) is 2. The minimum atomic E-state index is -2.44. The summed E-state index contributed by atoms with van der Waals surface area (Å²) in [6, 6.07) is 13.5. The molecule has 0 unspecified atom stereocenters. The molecule has 2 aromatic heterocycles. The molecule has 0 bridgehead atoms. The van der Waals surface area contributed by atoms with Gasteiger partial charge in [-0.15, -0.1) is 0 Å². The Hall–Kier alpha value is -2.70. The Balaban J connectivity index is 1.63. The van der Waals surface area contributed by atoms with Gasteiger partial charge in [0.05, 0.1) is 21.9 Å². The minimum absolute atomic E-state index is 0.451. The van der Waals surface area contributed by atoms with Crippen LogP contribution in [-0.4, -0.2) is 33.1 Å². The van der Waals surface area contributed by atoms with Crippen LogP contribution >= 0.6 is 23.1 Å². The van der Waals surface area contributed by atoms with E-state index in [-0.39, 0.29) is 0 Å². The van der Waals surface area contributed by atoms with E-state index in [0.29, 0.717) is 16.2 Å². The van der Waals surface area contributed by atoms with Crippen molar-refractivity contribution in [3.8, 4) is 0 Å². The molecule has 2 heterocycles. The summed E-state index contributed by atoms with van der Waals surface area (Å²) in [5.41, 5.74) is 2.68. The summed E-state index contributed by atoms with van der Waals surface area (Å²) in [5, 5.41) is 12.6. The zero-order valence-electron chi connectivity index (χ0n) is 16.2. The summed E-state index contributed by atoms with van der Waals surface area (Å²) in [5.74, 6) is 1.04. The second-order valence-electron chi connectivity index (χ2n) is 7.05. The smallest absolute Gasteiger partial charge is 0.229 e. The first-order valence-electron chi connectivity index (χ1n) is 8.94. The van der Waals surface area contributed by atoms with Crippen LogP contribution in [0.15, 0.2) is 59.3 Å². The number of fused-ring (bicyclic) bond motifs is 1. The van der Waals surface area contributed by atoms with Gasteiger partial charge in [0.25, 0.3) is 0 Å². The third-order valence-corrected chi connectivity index (χ3v) is 6.61. The predicted molar refractivity (Wildman–Crippen MR) is 123 cm³/mol. The lowest BCUT2D eigenvalue weighted by atomic mass is 10.2. The SMILES string of the molecule is Cn1ncc2cc(Nc3ncc(Br)c(Nc4ccccc4P(C)(C)=O)n3)ccc21. The number of aromatic nitrogens is 4. The Morgan fingerprint density at radius 1 is 1.07 bits per heavy atom. The lowest BCUT2D eigenvalue weighted by molar-refractivity contribution is 0.588. The summed E-state index contributed by atoms with van der Waals surface area (Å²) in [4.78, 5) is 8.93. The van der Waals surface area contributed by atoms with Gasteiger partial charge < -0.3 is 15.2 Å². The zero-order chi connectivity index (χ0) is 20.6. The first kappa shape index (κ1) is 19.6. The molecular formula is C20H20BrN6OP. The van der Waals surface area contributed by atoms with Gasteiger partial charge in [0.15, 0.2) is 0 Å². The van der Waals surface area contributed by atoms with E-state index in [9.17, 15) is 4.57 Å². The third kappa shape index (κ3) is 4.18. The number of hydrogen-bond acceptors (Lipinski definition) is 6. The zero-order valence-corrected chi connectivity index (χ0v) is 18.7. The summed E-state index contributed by atoms with van der Waals surface area (Å²) in [6.45, 7) is 3.51. The first-order chi connectivity index (χ1) is 13.8. The van der Waals surface area contributed by atoms with E-state index in [4.69, 9.17) is 0 Å². The molecule has 0 aliphatic heterocycles. The Morgan fingerprint density at radius 3 is 2.66 bits per heavy atom. The molecule has 2 aromatic carbocycles. The minimum Gasteiger partial charge on any atom is -0.339 e. The lowest BCUT2D eigenvalue weighted by Crippen LogP contribution is -2.11. The molecule has 0 saturated heterocycles. The van der Waals surface area contributed by atoms with E-state index in [1.165, 1.54) is 0 Å². The number of anilines is 4. The molecule has 2 N–H and O–H groups in total. The highest BCUT2D eigenvalue weighted by molar-refractivity contribution is 9.10. The van der Waals surface area contributed by atoms with Gasteiger partial charge in [0.1, 0.15) is 13.0 Å². The van der Waals surface area contributed by atoms with Gasteiger partial charge in [0, 0.05) is 29.6 Å². The average molecular weight is 471 g/mol. The van der Waals surface area contributed by atoms with Crippen molar-refractivity contribution in [2.24, 2.45) is 7.05 Å².